The molecule has 1 fully saturated rings. The Hall–Kier alpha value is -3.06. The Kier molecular flexibility index (Phi) is 5.90. The van der Waals surface area contributed by atoms with Crippen molar-refractivity contribution in [1.82, 2.24) is 10.2 Å². The van der Waals surface area contributed by atoms with E-state index in [1.165, 1.54) is 11.8 Å². The van der Waals surface area contributed by atoms with Gasteiger partial charge in [-0.3, -0.25) is 14.4 Å². The van der Waals surface area contributed by atoms with Crippen LogP contribution in [0.5, 0.6) is 0 Å². The van der Waals surface area contributed by atoms with E-state index in [1.54, 1.807) is 17.0 Å². The van der Waals surface area contributed by atoms with Crippen LogP contribution in [0.1, 0.15) is 27.9 Å². The van der Waals surface area contributed by atoms with Gasteiger partial charge in [0.15, 0.2) is 0 Å². The van der Waals surface area contributed by atoms with Gasteiger partial charge >= 0.3 is 0 Å². The summed E-state index contributed by atoms with van der Waals surface area (Å²) in [5.74, 6) is -0.243. The molecule has 7 heteroatoms. The molecule has 2 heterocycles. The van der Waals surface area contributed by atoms with Crippen LogP contribution in [0.2, 0.25) is 0 Å². The molecule has 2 aliphatic rings. The number of rotatable bonds is 5. The zero-order valence-electron chi connectivity index (χ0n) is 16.6. The fourth-order valence-electron chi connectivity index (χ4n) is 3.94. The van der Waals surface area contributed by atoms with Crippen LogP contribution >= 0.6 is 11.8 Å². The Morgan fingerprint density at radius 1 is 1.17 bits per heavy atom. The normalized spacial score (nSPS) is 20.5. The minimum atomic E-state index is -0.695. The lowest BCUT2D eigenvalue weighted by atomic mass is 10.1. The molecule has 1 saturated heterocycles. The number of benzene rings is 2. The van der Waals surface area contributed by atoms with Gasteiger partial charge in [0.2, 0.25) is 11.8 Å². The highest BCUT2D eigenvalue weighted by Gasteiger charge is 2.45. The van der Waals surface area contributed by atoms with Crippen molar-refractivity contribution in [3.63, 3.8) is 0 Å². The molecule has 2 unspecified atom stereocenters. The third-order valence-electron chi connectivity index (χ3n) is 5.35. The van der Waals surface area contributed by atoms with Gasteiger partial charge in [0.05, 0.1) is 23.0 Å². The van der Waals surface area contributed by atoms with Gasteiger partial charge in [-0.05, 0) is 35.9 Å². The van der Waals surface area contributed by atoms with Crippen LogP contribution in [-0.2, 0) is 9.59 Å². The summed E-state index contributed by atoms with van der Waals surface area (Å²) in [5.41, 5.74) is 2.92. The first kappa shape index (κ1) is 20.2. The quantitative estimate of drug-likeness (QED) is 0.728. The first-order valence-corrected chi connectivity index (χ1v) is 11.2. The van der Waals surface area contributed by atoms with Gasteiger partial charge in [-0.2, -0.15) is 11.8 Å². The van der Waals surface area contributed by atoms with Gasteiger partial charge in [-0.25, -0.2) is 0 Å². The second-order valence-electron chi connectivity index (χ2n) is 7.38. The number of carbonyl (C=O) groups excluding carboxylic acids is 3. The largest absolute Gasteiger partial charge is 0.350 e. The maximum absolute atomic E-state index is 13.2. The van der Waals surface area contributed by atoms with Crippen LogP contribution in [-0.4, -0.2) is 53.3 Å². The molecule has 2 N–H and O–H groups in total. The minimum absolute atomic E-state index is 0.121. The summed E-state index contributed by atoms with van der Waals surface area (Å²) in [5, 5.41) is 5.79. The summed E-state index contributed by atoms with van der Waals surface area (Å²) >= 11 is 1.42. The van der Waals surface area contributed by atoms with Crippen LogP contribution in [0.3, 0.4) is 0 Å². The molecule has 0 aliphatic carbocycles. The third-order valence-corrected chi connectivity index (χ3v) is 5.90. The van der Waals surface area contributed by atoms with E-state index < -0.39 is 6.04 Å². The maximum atomic E-state index is 13.2. The molecule has 0 bridgehead atoms. The number of nitrogens with zero attached hydrogens (tertiary/aromatic N) is 1. The predicted octanol–water partition coefficient (Wildman–Crippen LogP) is 2.87. The molecule has 0 saturated carbocycles. The van der Waals surface area contributed by atoms with Crippen molar-refractivity contribution in [1.29, 1.82) is 0 Å². The van der Waals surface area contributed by atoms with Crippen molar-refractivity contribution >= 4 is 47.3 Å². The zero-order valence-corrected chi connectivity index (χ0v) is 17.4. The number of thioether (sulfide) groups is 1. The molecule has 154 valence electrons. The highest BCUT2D eigenvalue weighted by atomic mass is 32.2. The average molecular weight is 422 g/mol. The molecule has 30 heavy (non-hydrogen) atoms. The Balaban J connectivity index is 1.58. The van der Waals surface area contributed by atoms with Crippen LogP contribution in [0.25, 0.3) is 12.2 Å². The van der Waals surface area contributed by atoms with Crippen molar-refractivity contribution in [3.05, 3.63) is 65.2 Å². The summed E-state index contributed by atoms with van der Waals surface area (Å²) < 4.78 is 0. The third kappa shape index (κ3) is 4.11. The van der Waals surface area contributed by atoms with Crippen molar-refractivity contribution < 1.29 is 14.4 Å². The van der Waals surface area contributed by atoms with E-state index in [4.69, 9.17) is 0 Å². The molecule has 0 radical (unpaired) electrons. The van der Waals surface area contributed by atoms with Gasteiger partial charge in [0.25, 0.3) is 5.91 Å². The van der Waals surface area contributed by atoms with E-state index >= 15 is 0 Å². The van der Waals surface area contributed by atoms with Crippen molar-refractivity contribution in [2.45, 2.75) is 18.5 Å². The summed E-state index contributed by atoms with van der Waals surface area (Å²) in [7, 11) is 0. The predicted molar refractivity (Wildman–Crippen MR) is 120 cm³/mol. The Morgan fingerprint density at radius 3 is 2.70 bits per heavy atom. The summed E-state index contributed by atoms with van der Waals surface area (Å²) in [6.07, 6.45) is 6.34. The standard InChI is InChI=1S/C23H23N3O3S/c1-30-14-20(27)24-19-11-12-26-21(19)22(28)25-18-10-9-16(13-17(18)23(26)29)8-7-15-5-3-2-4-6-15/h2-10,13,19,21H,11-12,14H2,1H3,(H,24,27)(H,25,28). The summed E-state index contributed by atoms with van der Waals surface area (Å²) in [6, 6.07) is 14.3. The molecule has 3 amide bonds. The first-order valence-electron chi connectivity index (χ1n) is 9.84. The maximum Gasteiger partial charge on any atom is 0.256 e. The second kappa shape index (κ2) is 8.75. The molecule has 6 nitrogen and oxygen atoms in total. The number of fused-ring (bicyclic) bond motifs is 2. The molecule has 2 atom stereocenters. The number of amides is 3. The van der Waals surface area contributed by atoms with E-state index in [9.17, 15) is 14.4 Å². The van der Waals surface area contributed by atoms with E-state index in [0.717, 1.165) is 11.1 Å². The lowest BCUT2D eigenvalue weighted by Gasteiger charge is -2.24. The molecule has 2 aromatic rings. The number of hydrogen-bond acceptors (Lipinski definition) is 4. The Labute approximate surface area is 179 Å². The molecular formula is C23H23N3O3S. The number of nitrogens with one attached hydrogen (secondary N) is 2. The van der Waals surface area contributed by atoms with E-state index in [-0.39, 0.29) is 23.8 Å². The fraction of sp³-hybridized carbons (Fsp3) is 0.261. The van der Waals surface area contributed by atoms with Gasteiger partial charge in [-0.15, -0.1) is 0 Å². The van der Waals surface area contributed by atoms with E-state index in [0.29, 0.717) is 30.0 Å². The fourth-order valence-corrected chi connectivity index (χ4v) is 4.29. The SMILES string of the molecule is CSCC(=O)NC1CCN2C(=O)c3cc(C=Cc4ccccc4)ccc3NC(=O)C12. The van der Waals surface area contributed by atoms with Gasteiger partial charge in [-0.1, -0.05) is 48.6 Å². The smallest absolute Gasteiger partial charge is 0.256 e. The van der Waals surface area contributed by atoms with Crippen LogP contribution < -0.4 is 10.6 Å². The van der Waals surface area contributed by atoms with E-state index in [1.807, 2.05) is 54.8 Å². The van der Waals surface area contributed by atoms with Crippen LogP contribution in [0.4, 0.5) is 5.69 Å². The number of carbonyl (C=O) groups is 3. The van der Waals surface area contributed by atoms with Gasteiger partial charge in [0.1, 0.15) is 6.04 Å². The minimum Gasteiger partial charge on any atom is -0.350 e. The Bertz CT molecular complexity index is 1010. The lowest BCUT2D eigenvalue weighted by molar-refractivity contribution is -0.122. The van der Waals surface area contributed by atoms with Crippen LogP contribution in [0, 0.1) is 0 Å². The number of anilines is 1. The zero-order chi connectivity index (χ0) is 21.1. The van der Waals surface area contributed by atoms with Gasteiger partial charge < -0.3 is 15.5 Å². The first-order chi connectivity index (χ1) is 14.6. The Morgan fingerprint density at radius 2 is 1.93 bits per heavy atom. The molecule has 2 aliphatic heterocycles. The van der Waals surface area contributed by atoms with Crippen molar-refractivity contribution in [3.8, 4) is 0 Å². The van der Waals surface area contributed by atoms with E-state index in [2.05, 4.69) is 10.6 Å². The monoisotopic (exact) mass is 421 g/mol. The lowest BCUT2D eigenvalue weighted by Crippen LogP contribution is -2.51. The molecule has 0 aromatic heterocycles. The highest BCUT2D eigenvalue weighted by Crippen LogP contribution is 2.30. The summed E-state index contributed by atoms with van der Waals surface area (Å²) in [4.78, 5) is 39.7. The molecule has 0 spiro atoms. The average Bonchev–Trinajstić information content (AvgIpc) is 3.12. The molecular weight excluding hydrogens is 398 g/mol. The number of hydrogen-bond donors (Lipinski definition) is 2. The molecule has 2 aromatic carbocycles. The molecule has 4 rings (SSSR count). The van der Waals surface area contributed by atoms with Gasteiger partial charge in [0, 0.05) is 6.54 Å². The van der Waals surface area contributed by atoms with Crippen LogP contribution in [0.15, 0.2) is 48.5 Å². The second-order valence-corrected chi connectivity index (χ2v) is 8.24. The topological polar surface area (TPSA) is 78.5 Å². The summed E-state index contributed by atoms with van der Waals surface area (Å²) in [6.45, 7) is 0.435. The van der Waals surface area contributed by atoms with Crippen molar-refractivity contribution in [2.75, 3.05) is 23.9 Å². The van der Waals surface area contributed by atoms with Crippen molar-refractivity contribution in [2.24, 2.45) is 0 Å². The highest BCUT2D eigenvalue weighted by molar-refractivity contribution is 7.99.